The highest BCUT2D eigenvalue weighted by atomic mass is 32.1. The summed E-state index contributed by atoms with van der Waals surface area (Å²) in [4.78, 5) is 23.2. The molecule has 1 heterocycles. The Morgan fingerprint density at radius 1 is 1.32 bits per heavy atom. The maximum atomic E-state index is 11.3. The first-order chi connectivity index (χ1) is 8.97. The molecule has 4 N–H and O–H groups in total. The topological polar surface area (TPSA) is 92.4 Å². The average Bonchev–Trinajstić information content (AvgIpc) is 2.72. The van der Waals surface area contributed by atoms with Crippen LogP contribution >= 0.6 is 11.3 Å². The van der Waals surface area contributed by atoms with E-state index in [1.807, 2.05) is 0 Å². The molecule has 19 heavy (non-hydrogen) atoms. The third-order valence-corrected chi connectivity index (χ3v) is 3.52. The highest BCUT2D eigenvalue weighted by molar-refractivity contribution is 7.20. The van der Waals surface area contributed by atoms with E-state index in [-0.39, 0.29) is 17.2 Å². The first kappa shape index (κ1) is 13.1. The number of hydrogen-bond donors (Lipinski definition) is 3. The van der Waals surface area contributed by atoms with Crippen molar-refractivity contribution in [2.45, 2.75) is 6.92 Å². The zero-order valence-corrected chi connectivity index (χ0v) is 11.0. The SMILES string of the molecule is CC(=O)Nc1sc(-c2cccc(O)c2)cc1C(N)=O. The van der Waals surface area contributed by atoms with E-state index in [1.165, 1.54) is 18.3 Å². The number of benzene rings is 1. The maximum absolute atomic E-state index is 11.3. The largest absolute Gasteiger partial charge is 0.508 e. The highest BCUT2D eigenvalue weighted by Gasteiger charge is 2.15. The molecule has 0 aliphatic carbocycles. The van der Waals surface area contributed by atoms with Gasteiger partial charge in [-0.15, -0.1) is 11.3 Å². The van der Waals surface area contributed by atoms with E-state index in [9.17, 15) is 14.7 Å². The average molecular weight is 276 g/mol. The summed E-state index contributed by atoms with van der Waals surface area (Å²) < 4.78 is 0. The fourth-order valence-electron chi connectivity index (χ4n) is 1.63. The molecule has 1 aromatic carbocycles. The van der Waals surface area contributed by atoms with Gasteiger partial charge in [-0.3, -0.25) is 9.59 Å². The van der Waals surface area contributed by atoms with Gasteiger partial charge in [-0.05, 0) is 23.8 Å². The molecule has 0 unspecified atom stereocenters. The van der Waals surface area contributed by atoms with Gasteiger partial charge in [-0.2, -0.15) is 0 Å². The molecule has 1 aromatic heterocycles. The summed E-state index contributed by atoms with van der Waals surface area (Å²) in [7, 11) is 0. The molecule has 0 saturated carbocycles. The summed E-state index contributed by atoms with van der Waals surface area (Å²) in [6, 6.07) is 8.24. The van der Waals surface area contributed by atoms with Crippen molar-refractivity contribution in [2.75, 3.05) is 5.32 Å². The molecule has 0 radical (unpaired) electrons. The van der Waals surface area contributed by atoms with Crippen molar-refractivity contribution in [1.29, 1.82) is 0 Å². The van der Waals surface area contributed by atoms with Gasteiger partial charge in [0.25, 0.3) is 5.91 Å². The molecule has 6 heteroatoms. The fraction of sp³-hybridized carbons (Fsp3) is 0.0769. The number of nitrogens with two attached hydrogens (primary N) is 1. The van der Waals surface area contributed by atoms with E-state index in [2.05, 4.69) is 5.32 Å². The molecule has 0 aliphatic rings. The Balaban J connectivity index is 2.48. The Hall–Kier alpha value is -2.34. The lowest BCUT2D eigenvalue weighted by Gasteiger charge is -1.99. The number of nitrogens with one attached hydrogen (secondary N) is 1. The minimum Gasteiger partial charge on any atom is -0.508 e. The van der Waals surface area contributed by atoms with Gasteiger partial charge in [0, 0.05) is 11.8 Å². The second-order valence-electron chi connectivity index (χ2n) is 3.95. The van der Waals surface area contributed by atoms with E-state index in [0.717, 1.165) is 10.4 Å². The van der Waals surface area contributed by atoms with E-state index < -0.39 is 5.91 Å². The number of phenols is 1. The summed E-state index contributed by atoms with van der Waals surface area (Å²) in [5.74, 6) is -0.745. The molecule has 0 spiro atoms. The van der Waals surface area contributed by atoms with E-state index in [0.29, 0.717) is 5.00 Å². The van der Waals surface area contributed by atoms with Crippen LogP contribution in [0, 0.1) is 0 Å². The molecule has 5 nitrogen and oxygen atoms in total. The lowest BCUT2D eigenvalue weighted by molar-refractivity contribution is -0.114. The van der Waals surface area contributed by atoms with Gasteiger partial charge < -0.3 is 16.2 Å². The van der Waals surface area contributed by atoms with Gasteiger partial charge in [-0.25, -0.2) is 0 Å². The number of thiophene rings is 1. The van der Waals surface area contributed by atoms with Crippen molar-refractivity contribution in [1.82, 2.24) is 0 Å². The second kappa shape index (κ2) is 5.11. The minimum absolute atomic E-state index is 0.132. The van der Waals surface area contributed by atoms with Crippen LogP contribution in [0.25, 0.3) is 10.4 Å². The Bertz CT molecular complexity index is 649. The van der Waals surface area contributed by atoms with Crippen LogP contribution in [0.2, 0.25) is 0 Å². The van der Waals surface area contributed by atoms with Crippen LogP contribution in [0.15, 0.2) is 30.3 Å². The van der Waals surface area contributed by atoms with Gasteiger partial charge in [0.2, 0.25) is 5.91 Å². The monoisotopic (exact) mass is 276 g/mol. The summed E-state index contributed by atoms with van der Waals surface area (Å²) in [6.45, 7) is 1.36. The molecule has 0 fully saturated rings. The number of phenolic OH excluding ortho intramolecular Hbond substituents is 1. The molecular weight excluding hydrogens is 264 g/mol. The maximum Gasteiger partial charge on any atom is 0.251 e. The van der Waals surface area contributed by atoms with Gasteiger partial charge >= 0.3 is 0 Å². The van der Waals surface area contributed by atoms with Crippen molar-refractivity contribution in [3.8, 4) is 16.2 Å². The molecule has 2 aromatic rings. The molecule has 2 rings (SSSR count). The third kappa shape index (κ3) is 2.92. The summed E-state index contributed by atoms with van der Waals surface area (Å²) in [6.07, 6.45) is 0. The van der Waals surface area contributed by atoms with Crippen LogP contribution in [-0.4, -0.2) is 16.9 Å². The Morgan fingerprint density at radius 3 is 2.63 bits per heavy atom. The minimum atomic E-state index is -0.605. The zero-order chi connectivity index (χ0) is 14.0. The van der Waals surface area contributed by atoms with Crippen molar-refractivity contribution in [2.24, 2.45) is 5.73 Å². The predicted molar refractivity (Wildman–Crippen MR) is 74.2 cm³/mol. The van der Waals surface area contributed by atoms with Crippen molar-refractivity contribution < 1.29 is 14.7 Å². The number of hydrogen-bond acceptors (Lipinski definition) is 4. The summed E-state index contributed by atoms with van der Waals surface area (Å²) in [5, 5.41) is 12.4. The molecule has 0 aliphatic heterocycles. The number of rotatable bonds is 3. The Morgan fingerprint density at radius 2 is 2.05 bits per heavy atom. The standard InChI is InChI=1S/C13H12N2O3S/c1-7(16)15-13-10(12(14)18)6-11(19-13)8-3-2-4-9(17)5-8/h2-6,17H,1H3,(H2,14,18)(H,15,16). The van der Waals surface area contributed by atoms with Gasteiger partial charge in [0.15, 0.2) is 0 Å². The fourth-order valence-corrected chi connectivity index (χ4v) is 2.73. The molecule has 0 saturated heterocycles. The first-order valence-corrected chi connectivity index (χ1v) is 6.29. The Kier molecular flexibility index (Phi) is 3.52. The van der Waals surface area contributed by atoms with Crippen LogP contribution in [0.5, 0.6) is 5.75 Å². The zero-order valence-electron chi connectivity index (χ0n) is 10.1. The number of anilines is 1. The third-order valence-electron chi connectivity index (χ3n) is 2.42. The number of aromatic hydroxyl groups is 1. The molecular formula is C13H12N2O3S. The molecule has 0 bridgehead atoms. The van der Waals surface area contributed by atoms with Crippen LogP contribution in [0.4, 0.5) is 5.00 Å². The smallest absolute Gasteiger partial charge is 0.251 e. The van der Waals surface area contributed by atoms with E-state index in [4.69, 9.17) is 5.73 Å². The van der Waals surface area contributed by atoms with E-state index in [1.54, 1.807) is 30.3 Å². The van der Waals surface area contributed by atoms with E-state index >= 15 is 0 Å². The first-order valence-electron chi connectivity index (χ1n) is 5.48. The molecule has 0 atom stereocenters. The van der Waals surface area contributed by atoms with Crippen LogP contribution in [-0.2, 0) is 4.79 Å². The van der Waals surface area contributed by atoms with Crippen LogP contribution < -0.4 is 11.1 Å². The second-order valence-corrected chi connectivity index (χ2v) is 5.00. The highest BCUT2D eigenvalue weighted by Crippen LogP contribution is 2.36. The van der Waals surface area contributed by atoms with Gasteiger partial charge in [0.1, 0.15) is 10.8 Å². The molecule has 2 amide bonds. The van der Waals surface area contributed by atoms with Gasteiger partial charge in [-0.1, -0.05) is 12.1 Å². The van der Waals surface area contributed by atoms with Crippen molar-refractivity contribution in [3.05, 3.63) is 35.9 Å². The molecule has 98 valence electrons. The van der Waals surface area contributed by atoms with Gasteiger partial charge in [0.05, 0.1) is 5.56 Å². The Labute approximate surface area is 113 Å². The number of primary amides is 1. The summed E-state index contributed by atoms with van der Waals surface area (Å²) >= 11 is 1.23. The lowest BCUT2D eigenvalue weighted by atomic mass is 10.1. The van der Waals surface area contributed by atoms with Crippen LogP contribution in [0.1, 0.15) is 17.3 Å². The number of carbonyl (C=O) groups is 2. The van der Waals surface area contributed by atoms with Crippen molar-refractivity contribution in [3.63, 3.8) is 0 Å². The predicted octanol–water partition coefficient (Wildman–Crippen LogP) is 2.18. The van der Waals surface area contributed by atoms with Crippen LogP contribution in [0.3, 0.4) is 0 Å². The van der Waals surface area contributed by atoms with Crippen molar-refractivity contribution >= 4 is 28.2 Å². The summed E-state index contributed by atoms with van der Waals surface area (Å²) in [5.41, 5.74) is 6.29. The normalized spacial score (nSPS) is 10.2. The number of amides is 2. The number of carbonyl (C=O) groups excluding carboxylic acids is 2. The lowest BCUT2D eigenvalue weighted by Crippen LogP contribution is -2.14. The quantitative estimate of drug-likeness (QED) is 0.802.